The molecule has 0 radical (unpaired) electrons. The molecule has 0 spiro atoms. The van der Waals surface area contributed by atoms with Crippen LogP contribution in [0.5, 0.6) is 0 Å². The van der Waals surface area contributed by atoms with Gasteiger partial charge in [0.05, 0.1) is 0 Å². The van der Waals surface area contributed by atoms with Crippen LogP contribution in [0.2, 0.25) is 0 Å². The van der Waals surface area contributed by atoms with Gasteiger partial charge in [-0.2, -0.15) is 0 Å². The summed E-state index contributed by atoms with van der Waals surface area (Å²) in [7, 11) is 0.200. The summed E-state index contributed by atoms with van der Waals surface area (Å²) in [4.78, 5) is 0. The van der Waals surface area contributed by atoms with Crippen LogP contribution >= 0.6 is 19.3 Å². The first-order chi connectivity index (χ1) is 5.88. The fraction of sp³-hybridized carbons (Fsp3) is 0.600. The van der Waals surface area contributed by atoms with Gasteiger partial charge >= 0.3 is 0 Å². The molecule has 0 aliphatic carbocycles. The Kier molecular flexibility index (Phi) is 4.87. The van der Waals surface area contributed by atoms with Crippen LogP contribution in [0.1, 0.15) is 26.7 Å². The standard InChI is InChI=1S/C10H17PS/c1-3-7-11(8-4-2)10-6-5-9-12-10/h5-6,9H,3-4,7-8H2,1-2H3. The Morgan fingerprint density at radius 3 is 2.33 bits per heavy atom. The third-order valence-electron chi connectivity index (χ3n) is 1.80. The third-order valence-corrected chi connectivity index (χ3v) is 6.31. The molecule has 2 heteroatoms. The molecule has 1 aromatic heterocycles. The van der Waals surface area contributed by atoms with Gasteiger partial charge in [0.25, 0.3) is 0 Å². The first kappa shape index (κ1) is 10.2. The van der Waals surface area contributed by atoms with E-state index in [0.29, 0.717) is 0 Å². The molecule has 0 amide bonds. The van der Waals surface area contributed by atoms with Crippen molar-refractivity contribution >= 4 is 23.9 Å². The summed E-state index contributed by atoms with van der Waals surface area (Å²) in [5.74, 6) is 0. The van der Waals surface area contributed by atoms with E-state index in [1.54, 1.807) is 4.62 Å². The van der Waals surface area contributed by atoms with E-state index >= 15 is 0 Å². The molecule has 1 rings (SSSR count). The molecule has 0 bridgehead atoms. The molecule has 0 unspecified atom stereocenters. The van der Waals surface area contributed by atoms with Gasteiger partial charge in [0, 0.05) is 4.62 Å². The molecule has 0 N–H and O–H groups in total. The van der Waals surface area contributed by atoms with E-state index in [0.717, 1.165) is 0 Å². The smallest absolute Gasteiger partial charge is 0.0278 e. The van der Waals surface area contributed by atoms with Gasteiger partial charge in [-0.15, -0.1) is 11.3 Å². The second kappa shape index (κ2) is 5.72. The normalized spacial score (nSPS) is 10.9. The molecular formula is C10H17PS. The molecule has 1 heterocycles. The Labute approximate surface area is 80.8 Å². The highest BCUT2D eigenvalue weighted by Gasteiger charge is 2.08. The fourth-order valence-corrected chi connectivity index (χ4v) is 5.14. The predicted octanol–water partition coefficient (Wildman–Crippen LogP) is 3.68. The molecular weight excluding hydrogens is 183 g/mol. The summed E-state index contributed by atoms with van der Waals surface area (Å²) >= 11 is 1.94. The minimum atomic E-state index is 0.200. The van der Waals surface area contributed by atoms with Crippen molar-refractivity contribution in [3.8, 4) is 0 Å². The fourth-order valence-electron chi connectivity index (χ4n) is 1.32. The first-order valence-corrected chi connectivity index (χ1v) is 7.26. The van der Waals surface area contributed by atoms with Gasteiger partial charge in [-0.3, -0.25) is 0 Å². The first-order valence-electron chi connectivity index (χ1n) is 4.67. The van der Waals surface area contributed by atoms with Gasteiger partial charge in [-0.1, -0.05) is 40.7 Å². The Hall–Kier alpha value is 0.130. The average Bonchev–Trinajstić information content (AvgIpc) is 2.56. The van der Waals surface area contributed by atoms with Crippen molar-refractivity contribution in [2.75, 3.05) is 12.3 Å². The lowest BCUT2D eigenvalue weighted by Crippen LogP contribution is -2.00. The van der Waals surface area contributed by atoms with Gasteiger partial charge in [0.15, 0.2) is 0 Å². The van der Waals surface area contributed by atoms with E-state index in [2.05, 4.69) is 31.4 Å². The molecule has 0 aliphatic heterocycles. The van der Waals surface area contributed by atoms with E-state index in [4.69, 9.17) is 0 Å². The van der Waals surface area contributed by atoms with Crippen LogP contribution in [0.25, 0.3) is 0 Å². The summed E-state index contributed by atoms with van der Waals surface area (Å²) in [6.07, 6.45) is 5.51. The maximum atomic E-state index is 2.31. The van der Waals surface area contributed by atoms with Gasteiger partial charge < -0.3 is 0 Å². The van der Waals surface area contributed by atoms with Crippen molar-refractivity contribution in [1.29, 1.82) is 0 Å². The topological polar surface area (TPSA) is 0 Å². The van der Waals surface area contributed by atoms with Crippen molar-refractivity contribution in [1.82, 2.24) is 0 Å². The van der Waals surface area contributed by atoms with Gasteiger partial charge in [0.2, 0.25) is 0 Å². The SMILES string of the molecule is CCCP(CCC)c1cccs1. The number of hydrogen-bond acceptors (Lipinski definition) is 1. The van der Waals surface area contributed by atoms with E-state index < -0.39 is 0 Å². The zero-order chi connectivity index (χ0) is 8.81. The monoisotopic (exact) mass is 200 g/mol. The van der Waals surface area contributed by atoms with Crippen LogP contribution in [0.3, 0.4) is 0 Å². The van der Waals surface area contributed by atoms with Crippen LogP contribution in [0.4, 0.5) is 0 Å². The zero-order valence-corrected chi connectivity index (χ0v) is 9.63. The molecule has 0 aromatic carbocycles. The highest BCUT2D eigenvalue weighted by atomic mass is 32.1. The summed E-state index contributed by atoms with van der Waals surface area (Å²) in [6.45, 7) is 4.58. The van der Waals surface area contributed by atoms with Crippen molar-refractivity contribution < 1.29 is 0 Å². The van der Waals surface area contributed by atoms with Crippen molar-refractivity contribution in [2.45, 2.75) is 26.7 Å². The lowest BCUT2D eigenvalue weighted by molar-refractivity contribution is 1.06. The van der Waals surface area contributed by atoms with Crippen LogP contribution in [-0.2, 0) is 0 Å². The quantitative estimate of drug-likeness (QED) is 0.636. The Morgan fingerprint density at radius 2 is 1.92 bits per heavy atom. The molecule has 0 fully saturated rings. The summed E-state index contributed by atoms with van der Waals surface area (Å²) in [6, 6.07) is 4.49. The largest absolute Gasteiger partial charge is 0.144 e. The average molecular weight is 200 g/mol. The summed E-state index contributed by atoms with van der Waals surface area (Å²) < 4.78 is 1.65. The van der Waals surface area contributed by atoms with Crippen LogP contribution < -0.4 is 4.62 Å². The number of thiophene rings is 1. The molecule has 0 saturated carbocycles. The third kappa shape index (κ3) is 2.88. The van der Waals surface area contributed by atoms with Crippen LogP contribution in [0, 0.1) is 0 Å². The predicted molar refractivity (Wildman–Crippen MR) is 61.2 cm³/mol. The van der Waals surface area contributed by atoms with E-state index in [1.807, 2.05) is 11.3 Å². The highest BCUT2D eigenvalue weighted by molar-refractivity contribution is 7.71. The van der Waals surface area contributed by atoms with Gasteiger partial charge in [-0.05, 0) is 23.8 Å². The zero-order valence-electron chi connectivity index (χ0n) is 7.92. The van der Waals surface area contributed by atoms with E-state index in [9.17, 15) is 0 Å². The Balaban J connectivity index is 2.53. The molecule has 0 saturated heterocycles. The van der Waals surface area contributed by atoms with Crippen molar-refractivity contribution in [3.63, 3.8) is 0 Å². The molecule has 1 aromatic rings. The van der Waals surface area contributed by atoms with E-state index in [-0.39, 0.29) is 7.92 Å². The molecule has 0 nitrogen and oxygen atoms in total. The summed E-state index contributed by atoms with van der Waals surface area (Å²) in [5.41, 5.74) is 0. The lowest BCUT2D eigenvalue weighted by atomic mass is 10.6. The van der Waals surface area contributed by atoms with Crippen molar-refractivity contribution in [2.24, 2.45) is 0 Å². The van der Waals surface area contributed by atoms with Gasteiger partial charge in [-0.25, -0.2) is 0 Å². The number of rotatable bonds is 5. The summed E-state index contributed by atoms with van der Waals surface area (Å²) in [5, 5.41) is 2.20. The lowest BCUT2D eigenvalue weighted by Gasteiger charge is -2.13. The molecule has 0 atom stereocenters. The second-order valence-corrected chi connectivity index (χ2v) is 6.64. The van der Waals surface area contributed by atoms with Crippen LogP contribution in [0.15, 0.2) is 17.5 Å². The number of hydrogen-bond donors (Lipinski definition) is 0. The maximum absolute atomic E-state index is 2.31. The highest BCUT2D eigenvalue weighted by Crippen LogP contribution is 2.37. The maximum Gasteiger partial charge on any atom is 0.0278 e. The minimum Gasteiger partial charge on any atom is -0.144 e. The molecule has 68 valence electrons. The Bertz CT molecular complexity index is 188. The molecule has 12 heavy (non-hydrogen) atoms. The second-order valence-electron chi connectivity index (χ2n) is 2.94. The van der Waals surface area contributed by atoms with Crippen LogP contribution in [-0.4, -0.2) is 12.3 Å². The van der Waals surface area contributed by atoms with Crippen molar-refractivity contribution in [3.05, 3.63) is 17.5 Å². The Morgan fingerprint density at radius 1 is 1.25 bits per heavy atom. The molecule has 0 aliphatic rings. The minimum absolute atomic E-state index is 0.200. The van der Waals surface area contributed by atoms with Gasteiger partial charge in [0.1, 0.15) is 0 Å². The van der Waals surface area contributed by atoms with E-state index in [1.165, 1.54) is 25.2 Å².